The Labute approximate surface area is 117 Å². The molecule has 2 rings (SSSR count). The second-order valence-electron chi connectivity index (χ2n) is 4.44. The number of carbonyl (C=O) groups excluding carboxylic acids is 2. The minimum absolute atomic E-state index is 0.163. The van der Waals surface area contributed by atoms with Crippen molar-refractivity contribution in [3.8, 4) is 0 Å². The summed E-state index contributed by atoms with van der Waals surface area (Å²) >= 11 is 0. The third kappa shape index (κ3) is 2.88. The van der Waals surface area contributed by atoms with E-state index in [4.69, 9.17) is 4.42 Å². The predicted molar refractivity (Wildman–Crippen MR) is 76.0 cm³/mol. The molecule has 0 spiro atoms. The number of amides is 2. The molecule has 0 saturated heterocycles. The van der Waals surface area contributed by atoms with Crippen molar-refractivity contribution >= 4 is 17.5 Å². The predicted octanol–water partition coefficient (Wildman–Crippen LogP) is 2.51. The van der Waals surface area contributed by atoms with Crippen LogP contribution in [0.4, 0.5) is 5.69 Å². The Hall–Kier alpha value is -2.56. The lowest BCUT2D eigenvalue weighted by Crippen LogP contribution is -2.17. The standard InChI is InChI=1S/C15H16N2O3/c1-9-8-13(10(2)20-9)15(19)17-12-6-4-11(5-7-12)14(18)16-3/h4-8H,1-3H3,(H,16,18)(H,17,19). The molecule has 0 aliphatic rings. The second-order valence-corrected chi connectivity index (χ2v) is 4.44. The molecule has 20 heavy (non-hydrogen) atoms. The Morgan fingerprint density at radius 2 is 1.70 bits per heavy atom. The lowest BCUT2D eigenvalue weighted by Gasteiger charge is -2.05. The zero-order valence-electron chi connectivity index (χ0n) is 11.6. The van der Waals surface area contributed by atoms with Crippen LogP contribution in [0.5, 0.6) is 0 Å². The molecule has 0 saturated carbocycles. The Balaban J connectivity index is 2.12. The van der Waals surface area contributed by atoms with Crippen molar-refractivity contribution in [2.45, 2.75) is 13.8 Å². The van der Waals surface area contributed by atoms with Gasteiger partial charge in [0.05, 0.1) is 5.56 Å². The zero-order chi connectivity index (χ0) is 14.7. The minimum atomic E-state index is -0.230. The highest BCUT2D eigenvalue weighted by Gasteiger charge is 2.13. The Morgan fingerprint density at radius 1 is 1.05 bits per heavy atom. The number of anilines is 1. The first-order valence-electron chi connectivity index (χ1n) is 6.22. The van der Waals surface area contributed by atoms with Gasteiger partial charge in [0.1, 0.15) is 11.5 Å². The zero-order valence-corrected chi connectivity index (χ0v) is 11.6. The summed E-state index contributed by atoms with van der Waals surface area (Å²) < 4.78 is 5.32. The van der Waals surface area contributed by atoms with Crippen LogP contribution in [0, 0.1) is 13.8 Å². The molecule has 0 unspecified atom stereocenters. The van der Waals surface area contributed by atoms with E-state index in [2.05, 4.69) is 10.6 Å². The molecule has 0 fully saturated rings. The molecule has 2 N–H and O–H groups in total. The van der Waals surface area contributed by atoms with Crippen LogP contribution in [0.2, 0.25) is 0 Å². The summed E-state index contributed by atoms with van der Waals surface area (Å²) in [4.78, 5) is 23.5. The number of hydrogen-bond acceptors (Lipinski definition) is 3. The van der Waals surface area contributed by atoms with Crippen molar-refractivity contribution < 1.29 is 14.0 Å². The minimum Gasteiger partial charge on any atom is -0.466 e. The first-order valence-corrected chi connectivity index (χ1v) is 6.22. The van der Waals surface area contributed by atoms with Gasteiger partial charge in [-0.05, 0) is 44.2 Å². The van der Waals surface area contributed by atoms with E-state index in [9.17, 15) is 9.59 Å². The van der Waals surface area contributed by atoms with Gasteiger partial charge in [0.25, 0.3) is 11.8 Å². The molecular formula is C15H16N2O3. The summed E-state index contributed by atoms with van der Waals surface area (Å²) in [6.45, 7) is 3.54. The van der Waals surface area contributed by atoms with Crippen LogP contribution in [0.15, 0.2) is 34.7 Å². The summed E-state index contributed by atoms with van der Waals surface area (Å²) in [6, 6.07) is 8.38. The van der Waals surface area contributed by atoms with Crippen molar-refractivity contribution in [2.24, 2.45) is 0 Å². The summed E-state index contributed by atoms with van der Waals surface area (Å²) in [7, 11) is 1.57. The maximum Gasteiger partial charge on any atom is 0.259 e. The van der Waals surface area contributed by atoms with Crippen LogP contribution in [0.25, 0.3) is 0 Å². The van der Waals surface area contributed by atoms with Gasteiger partial charge in [0, 0.05) is 18.3 Å². The fourth-order valence-electron chi connectivity index (χ4n) is 1.90. The van der Waals surface area contributed by atoms with Crippen molar-refractivity contribution in [1.82, 2.24) is 5.32 Å². The lowest BCUT2D eigenvalue weighted by atomic mass is 10.2. The third-order valence-corrected chi connectivity index (χ3v) is 2.92. The Morgan fingerprint density at radius 3 is 2.20 bits per heavy atom. The fraction of sp³-hybridized carbons (Fsp3) is 0.200. The molecule has 0 radical (unpaired) electrons. The van der Waals surface area contributed by atoms with E-state index >= 15 is 0 Å². The van der Waals surface area contributed by atoms with Gasteiger partial charge in [-0.15, -0.1) is 0 Å². The van der Waals surface area contributed by atoms with Crippen molar-refractivity contribution in [3.05, 3.63) is 53.0 Å². The number of benzene rings is 1. The Bertz CT molecular complexity index is 642. The topological polar surface area (TPSA) is 71.3 Å². The molecule has 1 heterocycles. The molecule has 104 valence electrons. The molecule has 0 aliphatic carbocycles. The average Bonchev–Trinajstić information content (AvgIpc) is 2.78. The SMILES string of the molecule is CNC(=O)c1ccc(NC(=O)c2cc(C)oc2C)cc1. The largest absolute Gasteiger partial charge is 0.466 e. The van der Waals surface area contributed by atoms with Gasteiger partial charge < -0.3 is 15.1 Å². The molecule has 2 aromatic rings. The molecule has 0 aliphatic heterocycles. The number of nitrogens with one attached hydrogen (secondary N) is 2. The van der Waals surface area contributed by atoms with Crippen LogP contribution < -0.4 is 10.6 Å². The highest BCUT2D eigenvalue weighted by Crippen LogP contribution is 2.16. The number of aryl methyl sites for hydroxylation is 2. The Kier molecular flexibility index (Phi) is 3.89. The number of carbonyl (C=O) groups is 2. The fourth-order valence-corrected chi connectivity index (χ4v) is 1.90. The highest BCUT2D eigenvalue weighted by atomic mass is 16.3. The number of hydrogen-bond donors (Lipinski definition) is 2. The van der Waals surface area contributed by atoms with Crippen LogP contribution in [-0.4, -0.2) is 18.9 Å². The number of rotatable bonds is 3. The number of furan rings is 1. The van der Waals surface area contributed by atoms with Crippen molar-refractivity contribution in [3.63, 3.8) is 0 Å². The monoisotopic (exact) mass is 272 g/mol. The molecule has 1 aromatic heterocycles. The van der Waals surface area contributed by atoms with E-state index in [0.29, 0.717) is 28.3 Å². The average molecular weight is 272 g/mol. The maximum absolute atomic E-state index is 12.1. The van der Waals surface area contributed by atoms with E-state index < -0.39 is 0 Å². The summed E-state index contributed by atoms with van der Waals surface area (Å²) in [5, 5.41) is 5.30. The van der Waals surface area contributed by atoms with Crippen LogP contribution in [-0.2, 0) is 0 Å². The summed E-state index contributed by atoms with van der Waals surface area (Å²) in [5.74, 6) is 0.890. The molecule has 0 bridgehead atoms. The van der Waals surface area contributed by atoms with Crippen LogP contribution in [0.1, 0.15) is 32.2 Å². The van der Waals surface area contributed by atoms with E-state index in [1.54, 1.807) is 51.2 Å². The van der Waals surface area contributed by atoms with E-state index in [1.165, 1.54) is 0 Å². The first-order chi connectivity index (χ1) is 9.51. The van der Waals surface area contributed by atoms with Gasteiger partial charge in [0.2, 0.25) is 0 Å². The van der Waals surface area contributed by atoms with Gasteiger partial charge >= 0.3 is 0 Å². The molecule has 0 atom stereocenters. The molecule has 5 nitrogen and oxygen atoms in total. The summed E-state index contributed by atoms with van der Waals surface area (Å²) in [6.07, 6.45) is 0. The van der Waals surface area contributed by atoms with Gasteiger partial charge in [-0.3, -0.25) is 9.59 Å². The molecule has 2 amide bonds. The van der Waals surface area contributed by atoms with E-state index in [1.807, 2.05) is 0 Å². The smallest absolute Gasteiger partial charge is 0.259 e. The van der Waals surface area contributed by atoms with Gasteiger partial charge in [0.15, 0.2) is 0 Å². The molecule has 5 heteroatoms. The lowest BCUT2D eigenvalue weighted by molar-refractivity contribution is 0.0962. The van der Waals surface area contributed by atoms with Crippen LogP contribution >= 0.6 is 0 Å². The maximum atomic E-state index is 12.1. The van der Waals surface area contributed by atoms with Crippen molar-refractivity contribution in [1.29, 1.82) is 0 Å². The van der Waals surface area contributed by atoms with Crippen LogP contribution in [0.3, 0.4) is 0 Å². The quantitative estimate of drug-likeness (QED) is 0.901. The highest BCUT2D eigenvalue weighted by molar-refractivity contribution is 6.05. The van der Waals surface area contributed by atoms with Crippen molar-refractivity contribution in [2.75, 3.05) is 12.4 Å². The van der Waals surface area contributed by atoms with Gasteiger partial charge in [-0.2, -0.15) is 0 Å². The van der Waals surface area contributed by atoms with Gasteiger partial charge in [-0.25, -0.2) is 0 Å². The normalized spacial score (nSPS) is 10.2. The third-order valence-electron chi connectivity index (χ3n) is 2.92. The van der Waals surface area contributed by atoms with Gasteiger partial charge in [-0.1, -0.05) is 0 Å². The summed E-state index contributed by atoms with van der Waals surface area (Å²) in [5.41, 5.74) is 1.68. The molecular weight excluding hydrogens is 256 g/mol. The van der Waals surface area contributed by atoms with E-state index in [0.717, 1.165) is 0 Å². The van der Waals surface area contributed by atoms with E-state index in [-0.39, 0.29) is 11.8 Å². The first kappa shape index (κ1) is 13.9. The second kappa shape index (κ2) is 5.61. The molecule has 1 aromatic carbocycles.